The van der Waals surface area contributed by atoms with Gasteiger partial charge in [0.25, 0.3) is 11.8 Å². The second kappa shape index (κ2) is 8.93. The van der Waals surface area contributed by atoms with E-state index in [4.69, 9.17) is 0 Å². The molecule has 10 heteroatoms. The van der Waals surface area contributed by atoms with E-state index >= 15 is 0 Å². The Balaban J connectivity index is 1.82. The summed E-state index contributed by atoms with van der Waals surface area (Å²) in [6, 6.07) is 4.80. The van der Waals surface area contributed by atoms with E-state index in [1.165, 1.54) is 29.2 Å². The van der Waals surface area contributed by atoms with Gasteiger partial charge in [0.15, 0.2) is 0 Å². The molecule has 26 heavy (non-hydrogen) atoms. The molecule has 2 rings (SSSR count). The van der Waals surface area contributed by atoms with Gasteiger partial charge in [0.2, 0.25) is 5.91 Å². The average Bonchev–Trinajstić information content (AvgIpc) is 2.76. The lowest BCUT2D eigenvalue weighted by atomic mass is 10.2. The summed E-state index contributed by atoms with van der Waals surface area (Å²) in [6.07, 6.45) is 2.97. The third-order valence-electron chi connectivity index (χ3n) is 3.67. The Morgan fingerprint density at radius 1 is 1.08 bits per heavy atom. The van der Waals surface area contributed by atoms with Gasteiger partial charge < -0.3 is 4.90 Å². The number of carbonyl (C=O) groups is 3. The van der Waals surface area contributed by atoms with Crippen molar-refractivity contribution >= 4 is 29.5 Å². The quantitative estimate of drug-likeness (QED) is 0.613. The molecule has 6 nitrogen and oxygen atoms in total. The molecule has 1 heterocycles. The van der Waals surface area contributed by atoms with E-state index in [0.29, 0.717) is 13.0 Å². The molecule has 0 radical (unpaired) electrons. The molecule has 3 amide bonds. The molecule has 1 aromatic rings. The van der Waals surface area contributed by atoms with E-state index in [1.54, 1.807) is 0 Å². The second-order valence-corrected chi connectivity index (χ2v) is 6.84. The SMILES string of the molecule is O=C(CN1CCCCCC1=O)NNC(=O)c1ccc(SC(F)(F)F)cc1. The monoisotopic (exact) mass is 389 g/mol. The lowest BCUT2D eigenvalue weighted by molar-refractivity contribution is -0.135. The molecule has 1 aliphatic heterocycles. The van der Waals surface area contributed by atoms with E-state index in [2.05, 4.69) is 10.9 Å². The van der Waals surface area contributed by atoms with Crippen molar-refractivity contribution in [2.45, 2.75) is 36.1 Å². The maximum absolute atomic E-state index is 12.3. The largest absolute Gasteiger partial charge is 0.446 e. The zero-order chi connectivity index (χ0) is 19.2. The van der Waals surface area contributed by atoms with Gasteiger partial charge in [-0.3, -0.25) is 25.2 Å². The molecule has 1 fully saturated rings. The number of thioether (sulfide) groups is 1. The van der Waals surface area contributed by atoms with Crippen molar-refractivity contribution < 1.29 is 27.6 Å². The number of hydrazine groups is 1. The lowest BCUT2D eigenvalue weighted by Gasteiger charge is -2.19. The number of halogens is 3. The Kier molecular flexibility index (Phi) is 6.90. The number of amides is 3. The Morgan fingerprint density at radius 3 is 2.42 bits per heavy atom. The molecular formula is C16H18F3N3O3S. The highest BCUT2D eigenvalue weighted by atomic mass is 32.2. The highest BCUT2D eigenvalue weighted by Gasteiger charge is 2.29. The van der Waals surface area contributed by atoms with Crippen molar-refractivity contribution in [1.82, 2.24) is 15.8 Å². The molecule has 142 valence electrons. The first kappa shape index (κ1) is 20.1. The summed E-state index contributed by atoms with van der Waals surface area (Å²) >= 11 is -0.278. The Labute approximate surface area is 152 Å². The first-order valence-electron chi connectivity index (χ1n) is 7.97. The number of carbonyl (C=O) groups excluding carboxylic acids is 3. The molecule has 0 bridgehead atoms. The summed E-state index contributed by atoms with van der Waals surface area (Å²) in [5.74, 6) is -1.30. The number of alkyl halides is 3. The summed E-state index contributed by atoms with van der Waals surface area (Å²) in [5, 5.41) is 0. The fourth-order valence-electron chi connectivity index (χ4n) is 2.43. The van der Waals surface area contributed by atoms with Gasteiger partial charge >= 0.3 is 5.51 Å². The summed E-state index contributed by atoms with van der Waals surface area (Å²) in [5.41, 5.74) is 0.0849. The smallest absolute Gasteiger partial charge is 0.333 e. The maximum Gasteiger partial charge on any atom is 0.446 e. The number of rotatable bonds is 4. The van der Waals surface area contributed by atoms with Crippen LogP contribution in [0.3, 0.4) is 0 Å². The van der Waals surface area contributed by atoms with Gasteiger partial charge in [0, 0.05) is 23.4 Å². The van der Waals surface area contributed by atoms with Crippen LogP contribution in [-0.4, -0.2) is 41.2 Å². The van der Waals surface area contributed by atoms with Crippen LogP contribution in [0.25, 0.3) is 0 Å². The minimum atomic E-state index is -4.40. The summed E-state index contributed by atoms with van der Waals surface area (Å²) in [4.78, 5) is 37.0. The van der Waals surface area contributed by atoms with Gasteiger partial charge in [0.1, 0.15) is 6.54 Å². The van der Waals surface area contributed by atoms with Gasteiger partial charge in [-0.1, -0.05) is 6.42 Å². The number of nitrogens with one attached hydrogen (secondary N) is 2. The predicted molar refractivity (Wildman–Crippen MR) is 89.0 cm³/mol. The molecular weight excluding hydrogens is 371 g/mol. The number of nitrogens with zero attached hydrogens (tertiary/aromatic N) is 1. The van der Waals surface area contributed by atoms with Gasteiger partial charge in [-0.2, -0.15) is 13.2 Å². The highest BCUT2D eigenvalue weighted by Crippen LogP contribution is 2.36. The molecule has 0 aliphatic carbocycles. The van der Waals surface area contributed by atoms with Crippen LogP contribution in [0, 0.1) is 0 Å². The van der Waals surface area contributed by atoms with Crippen molar-refractivity contribution in [2.24, 2.45) is 0 Å². The summed E-state index contributed by atoms with van der Waals surface area (Å²) in [7, 11) is 0. The van der Waals surface area contributed by atoms with Crippen LogP contribution >= 0.6 is 11.8 Å². The Morgan fingerprint density at radius 2 is 1.77 bits per heavy atom. The number of likely N-dealkylation sites (tertiary alicyclic amines) is 1. The molecule has 0 saturated carbocycles. The molecule has 0 spiro atoms. The number of hydrogen-bond acceptors (Lipinski definition) is 4. The third-order valence-corrected chi connectivity index (χ3v) is 4.41. The van der Waals surface area contributed by atoms with Gasteiger partial charge in [-0.15, -0.1) is 0 Å². The highest BCUT2D eigenvalue weighted by molar-refractivity contribution is 8.00. The second-order valence-electron chi connectivity index (χ2n) is 5.70. The van der Waals surface area contributed by atoms with Gasteiger partial charge in [-0.05, 0) is 48.9 Å². The zero-order valence-electron chi connectivity index (χ0n) is 13.8. The Bertz CT molecular complexity index is 665. The van der Waals surface area contributed by atoms with Crippen molar-refractivity contribution in [2.75, 3.05) is 13.1 Å². The van der Waals surface area contributed by atoms with Crippen LogP contribution in [0.2, 0.25) is 0 Å². The summed E-state index contributed by atoms with van der Waals surface area (Å²) in [6.45, 7) is 0.346. The van der Waals surface area contributed by atoms with Crippen LogP contribution in [0.5, 0.6) is 0 Å². The standard InChI is InChI=1S/C16H18F3N3O3S/c17-16(18,19)26-12-7-5-11(6-8-12)15(25)21-20-13(23)10-22-9-3-1-2-4-14(22)24/h5-8H,1-4,9-10H2,(H,20,23)(H,21,25). The molecule has 0 unspecified atom stereocenters. The van der Waals surface area contributed by atoms with Crippen LogP contribution < -0.4 is 10.9 Å². The van der Waals surface area contributed by atoms with Gasteiger partial charge in [-0.25, -0.2) is 0 Å². The maximum atomic E-state index is 12.3. The van der Waals surface area contributed by atoms with E-state index < -0.39 is 17.3 Å². The van der Waals surface area contributed by atoms with Crippen LogP contribution in [0.4, 0.5) is 13.2 Å². The molecule has 1 aliphatic rings. The van der Waals surface area contributed by atoms with E-state index in [0.717, 1.165) is 19.3 Å². The average molecular weight is 389 g/mol. The molecule has 0 aromatic heterocycles. The van der Waals surface area contributed by atoms with E-state index in [9.17, 15) is 27.6 Å². The number of hydrogen-bond donors (Lipinski definition) is 2. The third kappa shape index (κ3) is 6.58. The fraction of sp³-hybridized carbons (Fsp3) is 0.438. The minimum absolute atomic E-state index is 0.0437. The van der Waals surface area contributed by atoms with Crippen molar-refractivity contribution in [3.05, 3.63) is 29.8 Å². The predicted octanol–water partition coefficient (Wildman–Crippen LogP) is 2.46. The summed E-state index contributed by atoms with van der Waals surface area (Å²) < 4.78 is 36.8. The zero-order valence-corrected chi connectivity index (χ0v) is 14.6. The van der Waals surface area contributed by atoms with Crippen molar-refractivity contribution in [1.29, 1.82) is 0 Å². The van der Waals surface area contributed by atoms with E-state index in [-0.39, 0.29) is 34.7 Å². The van der Waals surface area contributed by atoms with Crippen LogP contribution in [0.15, 0.2) is 29.2 Å². The first-order chi connectivity index (χ1) is 12.2. The van der Waals surface area contributed by atoms with Crippen LogP contribution in [0.1, 0.15) is 36.0 Å². The van der Waals surface area contributed by atoms with E-state index in [1.807, 2.05) is 0 Å². The topological polar surface area (TPSA) is 78.5 Å². The Hall–Kier alpha value is -2.23. The van der Waals surface area contributed by atoms with Crippen LogP contribution in [-0.2, 0) is 9.59 Å². The molecule has 0 atom stereocenters. The normalized spacial score (nSPS) is 15.3. The van der Waals surface area contributed by atoms with Crippen molar-refractivity contribution in [3.8, 4) is 0 Å². The molecule has 2 N–H and O–H groups in total. The minimum Gasteiger partial charge on any atom is -0.333 e. The lowest BCUT2D eigenvalue weighted by Crippen LogP contribution is -2.47. The number of benzene rings is 1. The first-order valence-corrected chi connectivity index (χ1v) is 8.79. The molecule has 1 aromatic carbocycles. The molecule has 1 saturated heterocycles. The van der Waals surface area contributed by atoms with Gasteiger partial charge in [0.05, 0.1) is 0 Å². The van der Waals surface area contributed by atoms with Crippen molar-refractivity contribution in [3.63, 3.8) is 0 Å². The fourth-order valence-corrected chi connectivity index (χ4v) is 2.96.